The number of nitrogens with zero attached hydrogens (tertiary/aromatic N) is 3. The lowest BCUT2D eigenvalue weighted by molar-refractivity contribution is -0.384. The molecule has 0 radical (unpaired) electrons. The minimum absolute atomic E-state index is 0.0708. The second-order valence-electron chi connectivity index (χ2n) is 5.85. The molecule has 1 aliphatic carbocycles. The second kappa shape index (κ2) is 7.69. The predicted molar refractivity (Wildman–Crippen MR) is 97.8 cm³/mol. The van der Waals surface area contributed by atoms with E-state index in [0.717, 1.165) is 30.7 Å². The van der Waals surface area contributed by atoms with Gasteiger partial charge in [-0.25, -0.2) is 9.97 Å². The Labute approximate surface area is 154 Å². The summed E-state index contributed by atoms with van der Waals surface area (Å²) in [7, 11) is 1.42. The van der Waals surface area contributed by atoms with Gasteiger partial charge in [-0.2, -0.15) is 0 Å². The van der Waals surface area contributed by atoms with Crippen molar-refractivity contribution in [2.45, 2.75) is 31.3 Å². The van der Waals surface area contributed by atoms with Crippen molar-refractivity contribution in [2.75, 3.05) is 18.2 Å². The van der Waals surface area contributed by atoms with Crippen LogP contribution in [0.15, 0.2) is 23.4 Å². The van der Waals surface area contributed by atoms with Gasteiger partial charge >= 0.3 is 0 Å². The zero-order valence-corrected chi connectivity index (χ0v) is 15.3. The number of nitro benzene ring substituents is 1. The predicted octanol–water partition coefficient (Wildman–Crippen LogP) is 2.92. The maximum atomic E-state index is 12.2. The minimum Gasteiger partial charge on any atom is -0.496 e. The number of benzene rings is 1. The van der Waals surface area contributed by atoms with E-state index in [1.54, 1.807) is 6.07 Å². The van der Waals surface area contributed by atoms with Gasteiger partial charge in [0, 0.05) is 11.4 Å². The van der Waals surface area contributed by atoms with Crippen LogP contribution in [0, 0.1) is 17.0 Å². The van der Waals surface area contributed by atoms with Crippen LogP contribution in [-0.4, -0.2) is 33.7 Å². The summed E-state index contributed by atoms with van der Waals surface area (Å²) in [5, 5.41) is 14.3. The highest BCUT2D eigenvalue weighted by Crippen LogP contribution is 2.29. The summed E-state index contributed by atoms with van der Waals surface area (Å²) < 4.78 is 4.98. The molecular formula is C17H18N4O4S. The number of nitro groups is 1. The molecule has 0 aliphatic heterocycles. The number of carbonyl (C=O) groups excluding carboxylic acids is 1. The molecule has 0 spiro atoms. The molecule has 0 unspecified atom stereocenters. The largest absolute Gasteiger partial charge is 0.496 e. The number of ether oxygens (including phenoxy) is 1. The summed E-state index contributed by atoms with van der Waals surface area (Å²) in [5.74, 6) is 0.0672. The first-order valence-electron chi connectivity index (χ1n) is 8.09. The van der Waals surface area contributed by atoms with Gasteiger partial charge in [0.2, 0.25) is 5.91 Å². The fraction of sp³-hybridized carbons (Fsp3) is 0.353. The number of nitrogens with one attached hydrogen (secondary N) is 1. The number of amides is 1. The van der Waals surface area contributed by atoms with Crippen molar-refractivity contribution in [3.05, 3.63) is 45.3 Å². The molecule has 3 rings (SSSR count). The maximum absolute atomic E-state index is 12.2. The van der Waals surface area contributed by atoms with E-state index in [2.05, 4.69) is 15.3 Å². The van der Waals surface area contributed by atoms with Gasteiger partial charge in [0.15, 0.2) is 5.16 Å². The Balaban J connectivity index is 1.67. The van der Waals surface area contributed by atoms with Crippen LogP contribution in [0.2, 0.25) is 0 Å². The quantitative estimate of drug-likeness (QED) is 0.358. The fourth-order valence-corrected chi connectivity index (χ4v) is 3.58. The van der Waals surface area contributed by atoms with Gasteiger partial charge in [0.05, 0.1) is 23.9 Å². The van der Waals surface area contributed by atoms with Crippen LogP contribution >= 0.6 is 11.8 Å². The van der Waals surface area contributed by atoms with Crippen molar-refractivity contribution in [1.82, 2.24) is 9.97 Å². The lowest BCUT2D eigenvalue weighted by atomic mass is 10.2. The van der Waals surface area contributed by atoms with Gasteiger partial charge < -0.3 is 10.1 Å². The molecule has 9 heteroatoms. The third-order valence-corrected chi connectivity index (χ3v) is 4.97. The third kappa shape index (κ3) is 3.93. The highest BCUT2D eigenvalue weighted by molar-refractivity contribution is 7.99. The van der Waals surface area contributed by atoms with E-state index in [1.165, 1.54) is 36.6 Å². The molecule has 1 aromatic carbocycles. The average molecular weight is 374 g/mol. The molecule has 1 aromatic heterocycles. The summed E-state index contributed by atoms with van der Waals surface area (Å²) in [5.41, 5.74) is 3.15. The van der Waals surface area contributed by atoms with Gasteiger partial charge in [-0.1, -0.05) is 11.8 Å². The summed E-state index contributed by atoms with van der Waals surface area (Å²) in [6.07, 6.45) is 3.03. The molecule has 1 N–H and O–H groups in total. The van der Waals surface area contributed by atoms with Gasteiger partial charge in [-0.15, -0.1) is 0 Å². The fourth-order valence-electron chi connectivity index (χ4n) is 2.87. The van der Waals surface area contributed by atoms with Crippen molar-refractivity contribution < 1.29 is 14.5 Å². The lowest BCUT2D eigenvalue weighted by Gasteiger charge is -2.08. The number of methoxy groups -OCH3 is 1. The summed E-state index contributed by atoms with van der Waals surface area (Å²) >= 11 is 1.22. The number of rotatable bonds is 6. The topological polar surface area (TPSA) is 107 Å². The molecule has 2 aromatic rings. The van der Waals surface area contributed by atoms with Crippen LogP contribution in [0.1, 0.15) is 23.4 Å². The maximum Gasteiger partial charge on any atom is 0.296 e. The Morgan fingerprint density at radius 1 is 1.38 bits per heavy atom. The minimum atomic E-state index is -0.557. The van der Waals surface area contributed by atoms with Gasteiger partial charge in [0.25, 0.3) is 5.69 Å². The number of carbonyl (C=O) groups is 1. The molecule has 1 aliphatic rings. The van der Waals surface area contributed by atoms with Crippen LogP contribution in [0.3, 0.4) is 0 Å². The number of aromatic nitrogens is 2. The van der Waals surface area contributed by atoms with E-state index >= 15 is 0 Å². The molecule has 0 fully saturated rings. The first-order chi connectivity index (χ1) is 12.5. The number of hydrogen-bond donors (Lipinski definition) is 1. The Morgan fingerprint density at radius 3 is 2.92 bits per heavy atom. The number of hydrogen-bond acceptors (Lipinski definition) is 7. The zero-order chi connectivity index (χ0) is 18.7. The summed E-state index contributed by atoms with van der Waals surface area (Å²) in [4.78, 5) is 31.8. The highest BCUT2D eigenvalue weighted by atomic mass is 32.2. The van der Waals surface area contributed by atoms with Gasteiger partial charge in [-0.05, 0) is 43.9 Å². The number of anilines is 1. The monoisotopic (exact) mass is 374 g/mol. The number of aryl methyl sites for hydroxylation is 2. The smallest absolute Gasteiger partial charge is 0.296 e. The molecule has 1 amide bonds. The van der Waals surface area contributed by atoms with Crippen molar-refractivity contribution in [2.24, 2.45) is 0 Å². The van der Waals surface area contributed by atoms with E-state index in [-0.39, 0.29) is 23.0 Å². The number of fused-ring (bicyclic) bond motifs is 1. The highest BCUT2D eigenvalue weighted by Gasteiger charge is 2.19. The van der Waals surface area contributed by atoms with Crippen LogP contribution in [0.25, 0.3) is 0 Å². The normalized spacial score (nSPS) is 12.5. The van der Waals surface area contributed by atoms with Crippen molar-refractivity contribution >= 4 is 29.0 Å². The molecule has 0 atom stereocenters. The molecule has 0 saturated carbocycles. The Hall–Kier alpha value is -2.68. The standard InChI is InChI=1S/C17H18N4O4S/c1-10-12-4-3-5-13(12)20-17(18-10)26-9-16(22)19-14-7-6-11(25-2)8-15(14)21(23)24/h6-8H,3-5,9H2,1-2H3,(H,19,22). The van der Waals surface area contributed by atoms with Crippen molar-refractivity contribution in [1.29, 1.82) is 0 Å². The van der Waals surface area contributed by atoms with Crippen LogP contribution < -0.4 is 10.1 Å². The van der Waals surface area contributed by atoms with Gasteiger partial charge in [0.1, 0.15) is 11.4 Å². The first-order valence-corrected chi connectivity index (χ1v) is 9.08. The number of thioether (sulfide) groups is 1. The second-order valence-corrected chi connectivity index (χ2v) is 6.79. The first kappa shape index (κ1) is 18.1. The Morgan fingerprint density at radius 2 is 2.19 bits per heavy atom. The molecule has 8 nitrogen and oxygen atoms in total. The zero-order valence-electron chi connectivity index (χ0n) is 14.4. The SMILES string of the molecule is COc1ccc(NC(=O)CSc2nc(C)c3c(n2)CCC3)c([N+](=O)[O-])c1. The molecule has 0 bridgehead atoms. The van der Waals surface area contributed by atoms with Crippen LogP contribution in [0.4, 0.5) is 11.4 Å². The summed E-state index contributed by atoms with van der Waals surface area (Å²) in [6, 6.07) is 4.29. The lowest BCUT2D eigenvalue weighted by Crippen LogP contribution is -2.15. The van der Waals surface area contributed by atoms with Crippen molar-refractivity contribution in [3.8, 4) is 5.75 Å². The van der Waals surface area contributed by atoms with Gasteiger partial charge in [-0.3, -0.25) is 14.9 Å². The van der Waals surface area contributed by atoms with Crippen LogP contribution in [0.5, 0.6) is 5.75 Å². The molecule has 26 heavy (non-hydrogen) atoms. The van der Waals surface area contributed by atoms with E-state index in [9.17, 15) is 14.9 Å². The Bertz CT molecular complexity index is 872. The molecular weight excluding hydrogens is 356 g/mol. The molecule has 136 valence electrons. The van der Waals surface area contributed by atoms with E-state index < -0.39 is 4.92 Å². The summed E-state index contributed by atoms with van der Waals surface area (Å²) in [6.45, 7) is 1.96. The van der Waals surface area contributed by atoms with Crippen LogP contribution in [-0.2, 0) is 17.6 Å². The molecule has 1 heterocycles. The average Bonchev–Trinajstić information content (AvgIpc) is 3.09. The molecule has 0 saturated heterocycles. The van der Waals surface area contributed by atoms with E-state index in [4.69, 9.17) is 4.74 Å². The van der Waals surface area contributed by atoms with Crippen molar-refractivity contribution in [3.63, 3.8) is 0 Å². The van der Waals surface area contributed by atoms with E-state index in [0.29, 0.717) is 10.9 Å². The third-order valence-electron chi connectivity index (χ3n) is 4.13. The Kier molecular flexibility index (Phi) is 5.36. The van der Waals surface area contributed by atoms with E-state index in [1.807, 2.05) is 6.92 Å².